The summed E-state index contributed by atoms with van der Waals surface area (Å²) >= 11 is 1.64. The molecule has 0 aliphatic carbocycles. The summed E-state index contributed by atoms with van der Waals surface area (Å²) in [4.78, 5) is 25.1. The maximum atomic E-state index is 12.4. The van der Waals surface area contributed by atoms with Crippen LogP contribution in [-0.2, 0) is 11.3 Å². The van der Waals surface area contributed by atoms with Crippen LogP contribution >= 0.6 is 11.3 Å². The van der Waals surface area contributed by atoms with Crippen molar-refractivity contribution in [2.45, 2.75) is 25.4 Å². The third-order valence-corrected chi connectivity index (χ3v) is 4.35. The van der Waals surface area contributed by atoms with Gasteiger partial charge in [-0.2, -0.15) is 16.4 Å². The summed E-state index contributed by atoms with van der Waals surface area (Å²) in [5.41, 5.74) is 6.85. The van der Waals surface area contributed by atoms with Gasteiger partial charge in [0.05, 0.1) is 17.9 Å². The predicted molar refractivity (Wildman–Crippen MR) is 83.4 cm³/mol. The topological polar surface area (TPSA) is 93.2 Å². The number of hydrogen-bond acceptors (Lipinski definition) is 4. The second kappa shape index (κ2) is 6.18. The number of anilines is 1. The van der Waals surface area contributed by atoms with Gasteiger partial charge in [0.15, 0.2) is 0 Å². The zero-order valence-electron chi connectivity index (χ0n) is 11.9. The van der Waals surface area contributed by atoms with Crippen LogP contribution in [0.4, 0.5) is 10.5 Å². The molecule has 1 fully saturated rings. The fraction of sp³-hybridized carbons (Fsp3) is 0.357. The number of likely N-dealkylation sites (tertiary alicyclic amines) is 1. The number of nitrogens with zero attached hydrogens (tertiary/aromatic N) is 3. The normalized spacial score (nSPS) is 17.6. The fourth-order valence-corrected chi connectivity index (χ4v) is 3.40. The summed E-state index contributed by atoms with van der Waals surface area (Å²) in [5.74, 6) is -0.474. The molecule has 2 aromatic rings. The lowest BCUT2D eigenvalue weighted by molar-refractivity contribution is -0.118. The highest BCUT2D eigenvalue weighted by molar-refractivity contribution is 7.07. The van der Waals surface area contributed by atoms with Gasteiger partial charge in [0.25, 0.3) is 0 Å². The second-order valence-corrected chi connectivity index (χ2v) is 6.01. The largest absolute Gasteiger partial charge is 0.368 e. The standard InChI is InChI=1S/C14H17N5O2S/c15-13(20)8-18-7-11(6-16-18)17-14(21)19-4-1-2-12(19)10-3-5-22-9-10/h3,5-7,9,12H,1-2,4,8H2,(H2,15,20)(H,17,21). The first-order chi connectivity index (χ1) is 10.6. The number of primary amides is 1. The highest BCUT2D eigenvalue weighted by Crippen LogP contribution is 2.33. The lowest BCUT2D eigenvalue weighted by Crippen LogP contribution is -2.34. The zero-order chi connectivity index (χ0) is 15.5. The molecule has 1 aliphatic heterocycles. The second-order valence-electron chi connectivity index (χ2n) is 5.23. The first-order valence-corrected chi connectivity index (χ1v) is 7.98. The number of nitrogens with two attached hydrogens (primary N) is 1. The van der Waals surface area contributed by atoms with E-state index in [4.69, 9.17) is 5.73 Å². The molecule has 0 bridgehead atoms. The molecular weight excluding hydrogens is 302 g/mol. The number of nitrogens with one attached hydrogen (secondary N) is 1. The molecule has 1 unspecified atom stereocenters. The van der Waals surface area contributed by atoms with E-state index in [0.29, 0.717) is 5.69 Å². The van der Waals surface area contributed by atoms with Crippen LogP contribution in [0.2, 0.25) is 0 Å². The highest BCUT2D eigenvalue weighted by Gasteiger charge is 2.30. The molecule has 0 aromatic carbocycles. The average molecular weight is 319 g/mol. The minimum Gasteiger partial charge on any atom is -0.368 e. The molecule has 8 heteroatoms. The lowest BCUT2D eigenvalue weighted by atomic mass is 10.1. The Bertz CT molecular complexity index is 667. The number of amides is 3. The molecule has 1 aliphatic rings. The average Bonchev–Trinajstić information content (AvgIpc) is 3.18. The molecule has 1 atom stereocenters. The molecule has 7 nitrogen and oxygen atoms in total. The van der Waals surface area contributed by atoms with Gasteiger partial charge in [0.2, 0.25) is 5.91 Å². The van der Waals surface area contributed by atoms with Gasteiger partial charge in [0, 0.05) is 12.7 Å². The van der Waals surface area contributed by atoms with Gasteiger partial charge in [-0.15, -0.1) is 0 Å². The van der Waals surface area contributed by atoms with Crippen LogP contribution in [0, 0.1) is 0 Å². The third-order valence-electron chi connectivity index (χ3n) is 3.64. The Labute approximate surface area is 131 Å². The van der Waals surface area contributed by atoms with Crippen LogP contribution in [0.5, 0.6) is 0 Å². The number of aromatic nitrogens is 2. The molecular formula is C14H17N5O2S. The zero-order valence-corrected chi connectivity index (χ0v) is 12.8. The van der Waals surface area contributed by atoms with Crippen LogP contribution in [0.15, 0.2) is 29.2 Å². The molecule has 22 heavy (non-hydrogen) atoms. The van der Waals surface area contributed by atoms with E-state index in [1.807, 2.05) is 10.3 Å². The molecule has 3 heterocycles. The Balaban J connectivity index is 1.66. The van der Waals surface area contributed by atoms with E-state index < -0.39 is 5.91 Å². The van der Waals surface area contributed by atoms with E-state index in [2.05, 4.69) is 21.9 Å². The molecule has 0 saturated carbocycles. The van der Waals surface area contributed by atoms with Crippen LogP contribution in [0.1, 0.15) is 24.4 Å². The summed E-state index contributed by atoms with van der Waals surface area (Å²) in [6.45, 7) is 0.735. The smallest absolute Gasteiger partial charge is 0.322 e. The molecule has 3 N–H and O–H groups in total. The molecule has 3 amide bonds. The Morgan fingerprint density at radius 3 is 3.09 bits per heavy atom. The Hall–Kier alpha value is -2.35. The van der Waals surface area contributed by atoms with Crippen molar-refractivity contribution in [2.75, 3.05) is 11.9 Å². The van der Waals surface area contributed by atoms with Crippen LogP contribution in [0.25, 0.3) is 0 Å². The minimum atomic E-state index is -0.474. The third kappa shape index (κ3) is 3.11. The monoisotopic (exact) mass is 319 g/mol. The van der Waals surface area contributed by atoms with Gasteiger partial charge in [0.1, 0.15) is 6.54 Å². The Kier molecular flexibility index (Phi) is 4.10. The quantitative estimate of drug-likeness (QED) is 0.900. The van der Waals surface area contributed by atoms with Gasteiger partial charge in [-0.05, 0) is 35.2 Å². The SMILES string of the molecule is NC(=O)Cn1cc(NC(=O)N2CCCC2c2ccsc2)cn1. The number of thiophene rings is 1. The predicted octanol–water partition coefficient (Wildman–Crippen LogP) is 1.80. The van der Waals surface area contributed by atoms with Crippen molar-refractivity contribution >= 4 is 29.0 Å². The van der Waals surface area contributed by atoms with Crippen molar-refractivity contribution in [2.24, 2.45) is 5.73 Å². The summed E-state index contributed by atoms with van der Waals surface area (Å²) in [6.07, 6.45) is 5.08. The number of urea groups is 1. The van der Waals surface area contributed by atoms with E-state index in [1.54, 1.807) is 17.5 Å². The van der Waals surface area contributed by atoms with Crippen molar-refractivity contribution in [1.82, 2.24) is 14.7 Å². The summed E-state index contributed by atoms with van der Waals surface area (Å²) < 4.78 is 1.40. The summed E-state index contributed by atoms with van der Waals surface area (Å²) in [6, 6.07) is 2.05. The van der Waals surface area contributed by atoms with Gasteiger partial charge < -0.3 is 16.0 Å². The van der Waals surface area contributed by atoms with Gasteiger partial charge in [-0.25, -0.2) is 4.79 Å². The van der Waals surface area contributed by atoms with Crippen LogP contribution in [-0.4, -0.2) is 33.2 Å². The van der Waals surface area contributed by atoms with Crippen molar-refractivity contribution < 1.29 is 9.59 Å². The van der Waals surface area contributed by atoms with Gasteiger partial charge in [-0.1, -0.05) is 0 Å². The van der Waals surface area contributed by atoms with Crippen molar-refractivity contribution in [3.05, 3.63) is 34.8 Å². The van der Waals surface area contributed by atoms with Gasteiger partial charge in [-0.3, -0.25) is 9.48 Å². The highest BCUT2D eigenvalue weighted by atomic mass is 32.1. The van der Waals surface area contributed by atoms with E-state index in [1.165, 1.54) is 16.4 Å². The van der Waals surface area contributed by atoms with Gasteiger partial charge >= 0.3 is 6.03 Å². The number of carbonyl (C=O) groups is 2. The molecule has 116 valence electrons. The fourth-order valence-electron chi connectivity index (χ4n) is 2.69. The maximum Gasteiger partial charge on any atom is 0.322 e. The lowest BCUT2D eigenvalue weighted by Gasteiger charge is -2.24. The molecule has 1 saturated heterocycles. The van der Waals surface area contributed by atoms with Crippen LogP contribution in [0.3, 0.4) is 0 Å². The van der Waals surface area contributed by atoms with E-state index in [-0.39, 0.29) is 18.6 Å². The first kappa shape index (κ1) is 14.6. The van der Waals surface area contributed by atoms with Crippen LogP contribution < -0.4 is 11.1 Å². The Morgan fingerprint density at radius 1 is 1.50 bits per heavy atom. The maximum absolute atomic E-state index is 12.4. The molecule has 2 aromatic heterocycles. The minimum absolute atomic E-state index is 0.00286. The summed E-state index contributed by atoms with van der Waals surface area (Å²) in [5, 5.41) is 10.9. The first-order valence-electron chi connectivity index (χ1n) is 7.04. The van der Waals surface area contributed by atoms with Crippen molar-refractivity contribution in [1.29, 1.82) is 0 Å². The molecule has 0 radical (unpaired) electrons. The molecule has 3 rings (SSSR count). The van der Waals surface area contributed by atoms with E-state index in [9.17, 15) is 9.59 Å². The van der Waals surface area contributed by atoms with Crippen molar-refractivity contribution in [3.8, 4) is 0 Å². The number of rotatable bonds is 4. The molecule has 0 spiro atoms. The van der Waals surface area contributed by atoms with Crippen molar-refractivity contribution in [3.63, 3.8) is 0 Å². The number of hydrogen-bond donors (Lipinski definition) is 2. The summed E-state index contributed by atoms with van der Waals surface area (Å²) in [7, 11) is 0. The van der Waals surface area contributed by atoms with E-state index >= 15 is 0 Å². The van der Waals surface area contributed by atoms with E-state index in [0.717, 1.165) is 19.4 Å². The number of carbonyl (C=O) groups excluding carboxylic acids is 2. The Morgan fingerprint density at radius 2 is 2.36 bits per heavy atom.